The Hall–Kier alpha value is -2.78. The number of carbonyl (C=O) groups is 1. The van der Waals surface area contributed by atoms with E-state index in [1.807, 2.05) is 0 Å². The molecule has 128 valence electrons. The Balaban J connectivity index is 1.47. The van der Waals surface area contributed by atoms with E-state index in [9.17, 15) is 18.0 Å². The lowest BCUT2D eigenvalue weighted by Gasteiger charge is -2.05. The average Bonchev–Trinajstić information content (AvgIpc) is 3.14. The Labute approximate surface area is 133 Å². The average molecular weight is 343 g/mol. The molecule has 1 aliphatic heterocycles. The van der Waals surface area contributed by atoms with Crippen LogP contribution in [0.5, 0.6) is 11.5 Å². The van der Waals surface area contributed by atoms with Gasteiger partial charge in [0.05, 0.1) is 6.42 Å². The third-order valence-corrected chi connectivity index (χ3v) is 3.18. The van der Waals surface area contributed by atoms with Crippen LogP contribution >= 0.6 is 0 Å². The molecular formula is C14H12F3N3O4. The van der Waals surface area contributed by atoms with Gasteiger partial charge in [0, 0.05) is 13.0 Å². The predicted octanol–water partition coefficient (Wildman–Crippen LogP) is 1.72. The fraction of sp³-hybridized carbons (Fsp3) is 0.357. The molecular weight excluding hydrogens is 331 g/mol. The topological polar surface area (TPSA) is 86.5 Å². The summed E-state index contributed by atoms with van der Waals surface area (Å²) in [5.74, 6) is -0.605. The van der Waals surface area contributed by atoms with E-state index in [1.54, 1.807) is 18.2 Å². The van der Waals surface area contributed by atoms with Gasteiger partial charge in [0.15, 0.2) is 17.3 Å². The van der Waals surface area contributed by atoms with Crippen LogP contribution < -0.4 is 14.8 Å². The molecule has 1 aromatic heterocycles. The molecule has 0 saturated heterocycles. The number of ether oxygens (including phenoxy) is 2. The highest BCUT2D eigenvalue weighted by atomic mass is 19.4. The van der Waals surface area contributed by atoms with E-state index in [2.05, 4.69) is 20.0 Å². The molecule has 0 aliphatic carbocycles. The second kappa shape index (κ2) is 6.38. The maximum Gasteiger partial charge on any atom is 0.471 e. The van der Waals surface area contributed by atoms with Gasteiger partial charge in [0.2, 0.25) is 12.7 Å². The summed E-state index contributed by atoms with van der Waals surface area (Å²) in [4.78, 5) is 15.1. The number of carbonyl (C=O) groups excluding carboxylic acids is 1. The molecule has 1 aliphatic rings. The van der Waals surface area contributed by atoms with Gasteiger partial charge >= 0.3 is 12.1 Å². The van der Waals surface area contributed by atoms with Crippen LogP contribution in [0.2, 0.25) is 0 Å². The zero-order chi connectivity index (χ0) is 17.2. The van der Waals surface area contributed by atoms with Gasteiger partial charge in [-0.1, -0.05) is 11.2 Å². The summed E-state index contributed by atoms with van der Waals surface area (Å²) < 4.78 is 51.4. The number of hydrogen-bond acceptors (Lipinski definition) is 6. The normalized spacial score (nSPS) is 13.1. The first kappa shape index (κ1) is 16.1. The van der Waals surface area contributed by atoms with E-state index < -0.39 is 12.1 Å². The molecule has 0 fully saturated rings. The highest BCUT2D eigenvalue weighted by Crippen LogP contribution is 2.32. The van der Waals surface area contributed by atoms with Crippen LogP contribution in [-0.4, -0.2) is 29.4 Å². The molecule has 2 heterocycles. The molecule has 0 bridgehead atoms. The summed E-state index contributed by atoms with van der Waals surface area (Å²) in [5.41, 5.74) is 0.732. The minimum Gasteiger partial charge on any atom is -0.454 e. The molecule has 1 amide bonds. The first-order valence-corrected chi connectivity index (χ1v) is 6.97. The second-order valence-corrected chi connectivity index (χ2v) is 4.98. The Morgan fingerprint density at radius 3 is 2.79 bits per heavy atom. The third kappa shape index (κ3) is 3.76. The quantitative estimate of drug-likeness (QED) is 0.890. The smallest absolute Gasteiger partial charge is 0.454 e. The van der Waals surface area contributed by atoms with Crippen molar-refractivity contribution in [2.45, 2.75) is 19.0 Å². The highest BCUT2D eigenvalue weighted by Gasteiger charge is 2.38. The Morgan fingerprint density at radius 2 is 2.04 bits per heavy atom. The van der Waals surface area contributed by atoms with Crippen molar-refractivity contribution in [1.29, 1.82) is 0 Å². The van der Waals surface area contributed by atoms with Gasteiger partial charge in [-0.05, 0) is 17.7 Å². The van der Waals surface area contributed by atoms with Crippen molar-refractivity contribution in [2.75, 3.05) is 13.3 Å². The first-order valence-electron chi connectivity index (χ1n) is 6.97. The van der Waals surface area contributed by atoms with Crippen molar-refractivity contribution in [3.05, 3.63) is 35.5 Å². The number of alkyl halides is 3. The lowest BCUT2D eigenvalue weighted by Crippen LogP contribution is -2.27. The number of amides is 1. The van der Waals surface area contributed by atoms with Gasteiger partial charge in [-0.25, -0.2) is 0 Å². The van der Waals surface area contributed by atoms with Crippen LogP contribution in [-0.2, 0) is 23.8 Å². The number of nitrogens with zero attached hydrogens (tertiary/aromatic N) is 2. The van der Waals surface area contributed by atoms with Crippen LogP contribution in [0.25, 0.3) is 0 Å². The molecule has 0 radical (unpaired) electrons. The first-order chi connectivity index (χ1) is 11.4. The lowest BCUT2D eigenvalue weighted by atomic mass is 10.1. The molecule has 3 rings (SSSR count). The number of nitrogens with one attached hydrogen (secondary N) is 1. The van der Waals surface area contributed by atoms with Crippen molar-refractivity contribution in [3.63, 3.8) is 0 Å². The number of rotatable bonds is 5. The minimum atomic E-state index is -4.67. The van der Waals surface area contributed by atoms with Gasteiger partial charge < -0.3 is 19.3 Å². The predicted molar refractivity (Wildman–Crippen MR) is 72.3 cm³/mol. The van der Waals surface area contributed by atoms with Crippen molar-refractivity contribution >= 4 is 5.91 Å². The van der Waals surface area contributed by atoms with E-state index in [0.29, 0.717) is 11.5 Å². The van der Waals surface area contributed by atoms with E-state index in [4.69, 9.17) is 9.47 Å². The fourth-order valence-electron chi connectivity index (χ4n) is 2.08. The van der Waals surface area contributed by atoms with Gasteiger partial charge in [-0.2, -0.15) is 18.2 Å². The molecule has 1 N–H and O–H groups in total. The monoisotopic (exact) mass is 343 g/mol. The van der Waals surface area contributed by atoms with Crippen LogP contribution in [0.4, 0.5) is 13.2 Å². The molecule has 24 heavy (non-hydrogen) atoms. The molecule has 7 nitrogen and oxygen atoms in total. The standard InChI is InChI=1S/C14H12F3N3O4/c15-14(16,17)13-19-11(20-24-13)3-4-18-12(21)6-8-1-2-9-10(5-8)23-7-22-9/h1-2,5H,3-4,6-7H2,(H,18,21). The van der Waals surface area contributed by atoms with Gasteiger partial charge in [0.1, 0.15) is 0 Å². The van der Waals surface area contributed by atoms with Crippen molar-refractivity contribution in [1.82, 2.24) is 15.5 Å². The SMILES string of the molecule is O=C(Cc1ccc2c(c1)OCO2)NCCc1noc(C(F)(F)F)n1. The van der Waals surface area contributed by atoms with Crippen molar-refractivity contribution in [3.8, 4) is 11.5 Å². The molecule has 2 aromatic rings. The van der Waals surface area contributed by atoms with Crippen LogP contribution in [0.1, 0.15) is 17.3 Å². The summed E-state index contributed by atoms with van der Waals surface area (Å²) in [6, 6.07) is 5.15. The molecule has 1 aromatic carbocycles. The highest BCUT2D eigenvalue weighted by molar-refractivity contribution is 5.78. The van der Waals surface area contributed by atoms with E-state index in [-0.39, 0.29) is 37.9 Å². The number of fused-ring (bicyclic) bond motifs is 1. The molecule has 0 spiro atoms. The van der Waals surface area contributed by atoms with E-state index in [1.165, 1.54) is 0 Å². The van der Waals surface area contributed by atoms with Crippen molar-refractivity contribution < 1.29 is 32.0 Å². The molecule has 0 saturated carbocycles. The Bertz CT molecular complexity index is 745. The lowest BCUT2D eigenvalue weighted by molar-refractivity contribution is -0.159. The largest absolute Gasteiger partial charge is 0.471 e. The molecule has 0 atom stereocenters. The van der Waals surface area contributed by atoms with E-state index in [0.717, 1.165) is 5.56 Å². The number of hydrogen-bond donors (Lipinski definition) is 1. The Morgan fingerprint density at radius 1 is 1.25 bits per heavy atom. The van der Waals surface area contributed by atoms with E-state index >= 15 is 0 Å². The van der Waals surface area contributed by atoms with Gasteiger partial charge in [-0.15, -0.1) is 0 Å². The fourth-order valence-corrected chi connectivity index (χ4v) is 2.08. The van der Waals surface area contributed by atoms with Crippen LogP contribution in [0.15, 0.2) is 22.7 Å². The summed E-state index contributed by atoms with van der Waals surface area (Å²) in [7, 11) is 0. The van der Waals surface area contributed by atoms with Gasteiger partial charge in [-0.3, -0.25) is 4.79 Å². The maximum atomic E-state index is 12.3. The van der Waals surface area contributed by atoms with Gasteiger partial charge in [0.25, 0.3) is 0 Å². The summed E-state index contributed by atoms with van der Waals surface area (Å²) in [5, 5.41) is 5.80. The number of halogens is 3. The molecule has 0 unspecified atom stereocenters. The van der Waals surface area contributed by atoms with Crippen LogP contribution in [0.3, 0.4) is 0 Å². The zero-order valence-corrected chi connectivity index (χ0v) is 12.2. The number of aromatic nitrogens is 2. The number of benzene rings is 1. The third-order valence-electron chi connectivity index (χ3n) is 3.18. The van der Waals surface area contributed by atoms with Crippen molar-refractivity contribution in [2.24, 2.45) is 0 Å². The minimum absolute atomic E-state index is 0.0342. The molecule has 10 heteroatoms. The second-order valence-electron chi connectivity index (χ2n) is 4.98. The Kier molecular flexibility index (Phi) is 4.28. The van der Waals surface area contributed by atoms with Crippen LogP contribution in [0, 0.1) is 0 Å². The summed E-state index contributed by atoms with van der Waals surface area (Å²) in [6.45, 7) is 0.246. The summed E-state index contributed by atoms with van der Waals surface area (Å²) >= 11 is 0. The zero-order valence-electron chi connectivity index (χ0n) is 12.2. The summed E-state index contributed by atoms with van der Waals surface area (Å²) in [6.07, 6.45) is -4.53. The maximum absolute atomic E-state index is 12.3.